The summed E-state index contributed by atoms with van der Waals surface area (Å²) in [6, 6.07) is 3.56. The molecule has 0 radical (unpaired) electrons. The molecule has 140 valence electrons. The van der Waals surface area contributed by atoms with Gasteiger partial charge >= 0.3 is 0 Å². The minimum absolute atomic E-state index is 0.0211. The molecule has 26 heavy (non-hydrogen) atoms. The van der Waals surface area contributed by atoms with Crippen molar-refractivity contribution >= 4 is 5.91 Å². The van der Waals surface area contributed by atoms with Gasteiger partial charge in [-0.25, -0.2) is 4.98 Å². The van der Waals surface area contributed by atoms with Gasteiger partial charge in [-0.3, -0.25) is 9.89 Å². The summed E-state index contributed by atoms with van der Waals surface area (Å²) in [5.41, 5.74) is 4.00. The van der Waals surface area contributed by atoms with E-state index in [0.717, 1.165) is 22.5 Å². The summed E-state index contributed by atoms with van der Waals surface area (Å²) in [4.78, 5) is 16.8. The van der Waals surface area contributed by atoms with Crippen LogP contribution in [0.4, 0.5) is 0 Å². The molecule has 0 unspecified atom stereocenters. The smallest absolute Gasteiger partial charge is 0.220 e. The maximum Gasteiger partial charge on any atom is 0.220 e. The first-order valence-electron chi connectivity index (χ1n) is 8.95. The van der Waals surface area contributed by atoms with E-state index in [1.165, 1.54) is 0 Å². The second kappa shape index (κ2) is 7.86. The van der Waals surface area contributed by atoms with Gasteiger partial charge in [-0.15, -0.1) is 0 Å². The maximum atomic E-state index is 12.5. The van der Waals surface area contributed by atoms with Crippen molar-refractivity contribution in [3.05, 3.63) is 40.8 Å². The second-order valence-electron chi connectivity index (χ2n) is 6.98. The van der Waals surface area contributed by atoms with E-state index in [4.69, 9.17) is 4.74 Å². The van der Waals surface area contributed by atoms with E-state index in [0.29, 0.717) is 31.6 Å². The standard InChI is InChI=1S/C19H26N4O3/c1-11-12(2)22-23-16(11)5-6-17(25)21-19(14-8-15(24)9-14)13-4-7-18(26-3)20-10-13/h4,7,10,14-15,19,24H,5-6,8-9H2,1-3H3,(H,21,25)(H,22,23)/t14?,15?,19-/m1/s1. The van der Waals surface area contributed by atoms with Gasteiger partial charge in [0.15, 0.2) is 0 Å². The number of rotatable bonds is 7. The van der Waals surface area contributed by atoms with E-state index in [-0.39, 0.29) is 24.0 Å². The number of H-pyrrole nitrogens is 1. The van der Waals surface area contributed by atoms with E-state index in [9.17, 15) is 9.90 Å². The maximum absolute atomic E-state index is 12.5. The SMILES string of the molecule is COc1ccc([C@@H](NC(=O)CCc2n[nH]c(C)c2C)C2CC(O)C2)cn1. The third kappa shape index (κ3) is 4.04. The van der Waals surface area contributed by atoms with Crippen LogP contribution in [0.15, 0.2) is 18.3 Å². The summed E-state index contributed by atoms with van der Waals surface area (Å²) in [6.45, 7) is 3.98. The van der Waals surface area contributed by atoms with Gasteiger partial charge < -0.3 is 15.2 Å². The molecule has 2 heterocycles. The Morgan fingerprint density at radius 1 is 1.42 bits per heavy atom. The molecule has 1 fully saturated rings. The predicted molar refractivity (Wildman–Crippen MR) is 96.8 cm³/mol. The number of aromatic amines is 1. The number of carbonyl (C=O) groups is 1. The van der Waals surface area contributed by atoms with Gasteiger partial charge in [-0.05, 0) is 43.7 Å². The average molecular weight is 358 g/mol. The Hall–Kier alpha value is -2.41. The summed E-state index contributed by atoms with van der Waals surface area (Å²) in [5.74, 6) is 0.739. The highest BCUT2D eigenvalue weighted by molar-refractivity contribution is 5.76. The number of hydrogen-bond acceptors (Lipinski definition) is 5. The highest BCUT2D eigenvalue weighted by Gasteiger charge is 2.35. The minimum atomic E-state index is -0.278. The minimum Gasteiger partial charge on any atom is -0.481 e. The van der Waals surface area contributed by atoms with E-state index in [1.807, 2.05) is 19.9 Å². The lowest BCUT2D eigenvalue weighted by Crippen LogP contribution is -2.41. The molecule has 0 bridgehead atoms. The van der Waals surface area contributed by atoms with Gasteiger partial charge in [0.2, 0.25) is 11.8 Å². The molecule has 1 saturated carbocycles. The van der Waals surface area contributed by atoms with Crippen LogP contribution < -0.4 is 10.1 Å². The van der Waals surface area contributed by atoms with Crippen LogP contribution in [0.1, 0.15) is 47.8 Å². The number of ether oxygens (including phenoxy) is 1. The summed E-state index contributed by atoms with van der Waals surface area (Å²) < 4.78 is 5.10. The topological polar surface area (TPSA) is 100 Å². The van der Waals surface area contributed by atoms with Crippen LogP contribution in [-0.2, 0) is 11.2 Å². The summed E-state index contributed by atoms with van der Waals surface area (Å²) in [7, 11) is 1.57. The lowest BCUT2D eigenvalue weighted by molar-refractivity contribution is -0.123. The Kier molecular flexibility index (Phi) is 5.56. The molecule has 2 aromatic rings. The third-order valence-electron chi connectivity index (χ3n) is 5.21. The van der Waals surface area contributed by atoms with Crippen LogP contribution in [0, 0.1) is 19.8 Å². The van der Waals surface area contributed by atoms with Crippen LogP contribution in [0.25, 0.3) is 0 Å². The van der Waals surface area contributed by atoms with Crippen LogP contribution in [-0.4, -0.2) is 39.4 Å². The van der Waals surface area contributed by atoms with Crippen molar-refractivity contribution in [2.24, 2.45) is 5.92 Å². The molecule has 0 spiro atoms. The van der Waals surface area contributed by atoms with Crippen LogP contribution in [0.2, 0.25) is 0 Å². The highest BCUT2D eigenvalue weighted by Crippen LogP contribution is 2.38. The van der Waals surface area contributed by atoms with Gasteiger partial charge in [0, 0.05) is 30.8 Å². The first-order chi connectivity index (χ1) is 12.5. The third-order valence-corrected chi connectivity index (χ3v) is 5.21. The van der Waals surface area contributed by atoms with E-state index < -0.39 is 0 Å². The molecule has 1 atom stereocenters. The number of aliphatic hydroxyl groups excluding tert-OH is 1. The first-order valence-corrected chi connectivity index (χ1v) is 8.95. The number of aryl methyl sites for hydroxylation is 2. The van der Waals surface area contributed by atoms with E-state index >= 15 is 0 Å². The number of carbonyl (C=O) groups excluding carboxylic acids is 1. The lowest BCUT2D eigenvalue weighted by Gasteiger charge is -2.38. The summed E-state index contributed by atoms with van der Waals surface area (Å²) in [6.07, 6.45) is 3.81. The zero-order valence-electron chi connectivity index (χ0n) is 15.5. The summed E-state index contributed by atoms with van der Waals surface area (Å²) >= 11 is 0. The van der Waals surface area contributed by atoms with Gasteiger partial charge in [0.1, 0.15) is 0 Å². The Morgan fingerprint density at radius 3 is 2.73 bits per heavy atom. The van der Waals surface area contributed by atoms with Gasteiger partial charge in [0.25, 0.3) is 0 Å². The number of methoxy groups -OCH3 is 1. The number of amides is 1. The normalized spacial score (nSPS) is 20.3. The molecule has 0 saturated heterocycles. The molecule has 1 amide bonds. The molecule has 1 aliphatic rings. The van der Waals surface area contributed by atoms with Crippen molar-refractivity contribution in [3.63, 3.8) is 0 Å². The average Bonchev–Trinajstić information content (AvgIpc) is 2.94. The quantitative estimate of drug-likeness (QED) is 0.703. The van der Waals surface area contributed by atoms with Crippen molar-refractivity contribution in [2.45, 2.75) is 51.7 Å². The fourth-order valence-electron chi connectivity index (χ4n) is 3.33. The van der Waals surface area contributed by atoms with Crippen molar-refractivity contribution in [3.8, 4) is 5.88 Å². The number of aliphatic hydroxyl groups is 1. The summed E-state index contributed by atoms with van der Waals surface area (Å²) in [5, 5.41) is 20.0. The number of pyridine rings is 1. The zero-order chi connectivity index (χ0) is 18.7. The van der Waals surface area contributed by atoms with Crippen LogP contribution >= 0.6 is 0 Å². The van der Waals surface area contributed by atoms with Crippen molar-refractivity contribution in [1.82, 2.24) is 20.5 Å². The number of nitrogens with one attached hydrogen (secondary N) is 2. The molecule has 1 aliphatic carbocycles. The fourth-order valence-corrected chi connectivity index (χ4v) is 3.33. The molecule has 3 N–H and O–H groups in total. The van der Waals surface area contributed by atoms with Crippen LogP contribution in [0.3, 0.4) is 0 Å². The van der Waals surface area contributed by atoms with Crippen LogP contribution in [0.5, 0.6) is 5.88 Å². The van der Waals surface area contributed by atoms with Gasteiger partial charge in [-0.2, -0.15) is 5.10 Å². The predicted octanol–water partition coefficient (Wildman–Crippen LogP) is 1.99. The molecular weight excluding hydrogens is 332 g/mol. The Morgan fingerprint density at radius 2 is 2.19 bits per heavy atom. The van der Waals surface area contributed by atoms with Gasteiger partial charge in [-0.1, -0.05) is 6.07 Å². The first kappa shape index (κ1) is 18.4. The lowest BCUT2D eigenvalue weighted by atomic mass is 9.75. The zero-order valence-corrected chi connectivity index (χ0v) is 15.5. The second-order valence-corrected chi connectivity index (χ2v) is 6.98. The molecule has 2 aromatic heterocycles. The van der Waals surface area contributed by atoms with E-state index in [2.05, 4.69) is 20.5 Å². The highest BCUT2D eigenvalue weighted by atomic mass is 16.5. The fraction of sp³-hybridized carbons (Fsp3) is 0.526. The largest absolute Gasteiger partial charge is 0.481 e. The Bertz CT molecular complexity index is 751. The van der Waals surface area contributed by atoms with Gasteiger partial charge in [0.05, 0.1) is 24.9 Å². The molecule has 7 nitrogen and oxygen atoms in total. The molecular formula is C19H26N4O3. The monoisotopic (exact) mass is 358 g/mol. The number of nitrogens with zero attached hydrogens (tertiary/aromatic N) is 2. The Balaban J connectivity index is 1.64. The number of aromatic nitrogens is 3. The molecule has 0 aliphatic heterocycles. The molecule has 7 heteroatoms. The Labute approximate surface area is 153 Å². The molecule has 3 rings (SSSR count). The van der Waals surface area contributed by atoms with E-state index in [1.54, 1.807) is 19.4 Å². The van der Waals surface area contributed by atoms with Crippen molar-refractivity contribution in [2.75, 3.05) is 7.11 Å². The van der Waals surface area contributed by atoms with Crippen molar-refractivity contribution in [1.29, 1.82) is 0 Å². The number of hydrogen-bond donors (Lipinski definition) is 3. The molecule has 0 aromatic carbocycles. The van der Waals surface area contributed by atoms with Crippen molar-refractivity contribution < 1.29 is 14.6 Å².